The number of hydrogen-bond donors (Lipinski definition) is 1. The van der Waals surface area contributed by atoms with Crippen molar-refractivity contribution in [2.75, 3.05) is 12.4 Å². The molecule has 1 aromatic carbocycles. The highest BCUT2D eigenvalue weighted by Gasteiger charge is 2.33. The molecule has 1 atom stereocenters. The molecule has 0 aliphatic carbocycles. The van der Waals surface area contributed by atoms with E-state index in [0.717, 1.165) is 16.9 Å². The number of anilines is 1. The Morgan fingerprint density at radius 2 is 2.11 bits per heavy atom. The highest BCUT2D eigenvalue weighted by atomic mass is 16.5. The van der Waals surface area contributed by atoms with Gasteiger partial charge in [-0.25, -0.2) is 4.98 Å². The summed E-state index contributed by atoms with van der Waals surface area (Å²) in [6.07, 6.45) is 5.42. The lowest BCUT2D eigenvalue weighted by molar-refractivity contribution is -0.116. The summed E-state index contributed by atoms with van der Waals surface area (Å²) in [6.45, 7) is 3.93. The molecule has 144 valence electrons. The van der Waals surface area contributed by atoms with E-state index in [1.807, 2.05) is 48.7 Å². The van der Waals surface area contributed by atoms with Gasteiger partial charge in [0.1, 0.15) is 12.1 Å². The van der Waals surface area contributed by atoms with Crippen LogP contribution in [0.5, 0.6) is 11.5 Å². The van der Waals surface area contributed by atoms with Crippen LogP contribution in [0, 0.1) is 0 Å². The topological polar surface area (TPSA) is 78.3 Å². The van der Waals surface area contributed by atoms with Crippen molar-refractivity contribution >= 4 is 11.7 Å². The molecule has 1 N–H and O–H groups in total. The third kappa shape index (κ3) is 3.19. The Labute approximate surface area is 163 Å². The predicted molar refractivity (Wildman–Crippen MR) is 105 cm³/mol. The van der Waals surface area contributed by atoms with Gasteiger partial charge in [-0.1, -0.05) is 12.1 Å². The molecular weight excluding hydrogens is 356 g/mol. The Bertz CT molecular complexity index is 998. The Kier molecular flexibility index (Phi) is 4.73. The molecule has 3 aromatic rings. The van der Waals surface area contributed by atoms with E-state index in [9.17, 15) is 4.79 Å². The average Bonchev–Trinajstić information content (AvgIpc) is 3.11. The lowest BCUT2D eigenvalue weighted by Crippen LogP contribution is -2.25. The Morgan fingerprint density at radius 1 is 1.25 bits per heavy atom. The maximum atomic E-state index is 12.5. The molecule has 7 nitrogen and oxygen atoms in total. The molecule has 0 fully saturated rings. The van der Waals surface area contributed by atoms with E-state index in [-0.39, 0.29) is 17.9 Å². The zero-order valence-corrected chi connectivity index (χ0v) is 16.0. The van der Waals surface area contributed by atoms with Gasteiger partial charge in [0, 0.05) is 24.1 Å². The van der Waals surface area contributed by atoms with Crippen molar-refractivity contribution < 1.29 is 14.3 Å². The van der Waals surface area contributed by atoms with Crippen LogP contribution in [-0.2, 0) is 4.79 Å². The number of nitrogens with one attached hydrogen (secondary N) is 1. The molecule has 0 radical (unpaired) electrons. The fourth-order valence-electron chi connectivity index (χ4n) is 3.49. The Hall–Kier alpha value is -3.35. The number of amides is 1. The first-order chi connectivity index (χ1) is 13.6. The van der Waals surface area contributed by atoms with Crippen LogP contribution in [0.15, 0.2) is 49.1 Å². The highest BCUT2D eigenvalue weighted by Crippen LogP contribution is 2.44. The first-order valence-electron chi connectivity index (χ1n) is 9.19. The van der Waals surface area contributed by atoms with Gasteiger partial charge in [0.15, 0.2) is 11.5 Å². The van der Waals surface area contributed by atoms with Gasteiger partial charge in [0.2, 0.25) is 5.91 Å². The van der Waals surface area contributed by atoms with Gasteiger partial charge in [0.25, 0.3) is 0 Å². The number of aromatic nitrogens is 3. The monoisotopic (exact) mass is 378 g/mol. The second kappa shape index (κ2) is 7.34. The number of fused-ring (bicyclic) bond motifs is 1. The van der Waals surface area contributed by atoms with E-state index in [1.165, 1.54) is 0 Å². The third-order valence-corrected chi connectivity index (χ3v) is 4.66. The normalized spacial score (nSPS) is 15.9. The number of para-hydroxylation sites is 1. The number of rotatable bonds is 5. The smallest absolute Gasteiger partial charge is 0.226 e. The van der Waals surface area contributed by atoms with Gasteiger partial charge in [-0.05, 0) is 32.0 Å². The largest absolute Gasteiger partial charge is 0.493 e. The van der Waals surface area contributed by atoms with E-state index in [4.69, 9.17) is 9.47 Å². The first kappa shape index (κ1) is 18.0. The quantitative estimate of drug-likeness (QED) is 0.735. The molecule has 1 amide bonds. The van der Waals surface area contributed by atoms with Gasteiger partial charge in [0.05, 0.1) is 30.8 Å². The maximum Gasteiger partial charge on any atom is 0.226 e. The summed E-state index contributed by atoms with van der Waals surface area (Å²) in [6, 6.07) is 9.51. The molecule has 7 heteroatoms. The summed E-state index contributed by atoms with van der Waals surface area (Å²) >= 11 is 0. The van der Waals surface area contributed by atoms with Crippen LogP contribution in [0.4, 0.5) is 5.82 Å². The zero-order chi connectivity index (χ0) is 19.7. The van der Waals surface area contributed by atoms with Gasteiger partial charge < -0.3 is 14.8 Å². The minimum absolute atomic E-state index is 0.0279. The van der Waals surface area contributed by atoms with Crippen LogP contribution in [-0.4, -0.2) is 33.7 Å². The fraction of sp³-hybridized carbons (Fsp3) is 0.286. The van der Waals surface area contributed by atoms with Crippen molar-refractivity contribution in [1.82, 2.24) is 14.5 Å². The van der Waals surface area contributed by atoms with Gasteiger partial charge in [-0.15, -0.1) is 0 Å². The van der Waals surface area contributed by atoms with Gasteiger partial charge >= 0.3 is 0 Å². The van der Waals surface area contributed by atoms with Crippen molar-refractivity contribution in [2.24, 2.45) is 0 Å². The summed E-state index contributed by atoms with van der Waals surface area (Å²) in [7, 11) is 1.61. The molecule has 2 aromatic heterocycles. The molecular formula is C21H22N4O3. The number of pyridine rings is 1. The summed E-state index contributed by atoms with van der Waals surface area (Å²) in [4.78, 5) is 21.3. The number of ether oxygens (including phenoxy) is 2. The van der Waals surface area contributed by atoms with E-state index in [0.29, 0.717) is 23.7 Å². The maximum absolute atomic E-state index is 12.5. The Balaban J connectivity index is 1.84. The molecule has 3 heterocycles. The van der Waals surface area contributed by atoms with Crippen LogP contribution in [0.2, 0.25) is 0 Å². The number of carbonyl (C=O) groups excluding carboxylic acids is 1. The van der Waals surface area contributed by atoms with Gasteiger partial charge in [-0.2, -0.15) is 0 Å². The summed E-state index contributed by atoms with van der Waals surface area (Å²) in [5.41, 5.74) is 2.52. The number of methoxy groups -OCH3 is 1. The number of hydrogen-bond acceptors (Lipinski definition) is 5. The average molecular weight is 378 g/mol. The van der Waals surface area contributed by atoms with Crippen LogP contribution >= 0.6 is 0 Å². The fourth-order valence-corrected chi connectivity index (χ4v) is 3.49. The van der Waals surface area contributed by atoms with E-state index in [1.54, 1.807) is 25.8 Å². The molecule has 0 spiro atoms. The van der Waals surface area contributed by atoms with E-state index >= 15 is 0 Å². The number of carbonyl (C=O) groups is 1. The first-order valence-corrected chi connectivity index (χ1v) is 9.19. The minimum Gasteiger partial charge on any atom is -0.493 e. The lowest BCUT2D eigenvalue weighted by atomic mass is 9.89. The van der Waals surface area contributed by atoms with Crippen LogP contribution in [0.1, 0.15) is 37.4 Å². The lowest BCUT2D eigenvalue weighted by Gasteiger charge is -2.26. The predicted octanol–water partition coefficient (Wildman–Crippen LogP) is 3.54. The van der Waals surface area contributed by atoms with Crippen molar-refractivity contribution in [3.63, 3.8) is 0 Å². The second-order valence-electron chi connectivity index (χ2n) is 6.91. The van der Waals surface area contributed by atoms with Crippen LogP contribution in [0.3, 0.4) is 0 Å². The summed E-state index contributed by atoms with van der Waals surface area (Å²) in [5, 5.41) is 2.96. The molecule has 0 bridgehead atoms. The van der Waals surface area contributed by atoms with E-state index < -0.39 is 0 Å². The molecule has 4 rings (SSSR count). The number of benzene rings is 1. The van der Waals surface area contributed by atoms with Crippen molar-refractivity contribution in [1.29, 1.82) is 0 Å². The van der Waals surface area contributed by atoms with Crippen molar-refractivity contribution in [2.45, 2.75) is 32.3 Å². The SMILES string of the molecule is COc1cccc(C2CC(=O)Nc3c2ncn3-c2cccnc2)c1OC(C)C. The number of nitrogens with zero attached hydrogens (tertiary/aromatic N) is 3. The summed E-state index contributed by atoms with van der Waals surface area (Å²) in [5.74, 6) is 1.66. The zero-order valence-electron chi connectivity index (χ0n) is 16.0. The highest BCUT2D eigenvalue weighted by molar-refractivity contribution is 5.94. The van der Waals surface area contributed by atoms with Crippen LogP contribution < -0.4 is 14.8 Å². The van der Waals surface area contributed by atoms with Crippen molar-refractivity contribution in [3.8, 4) is 17.2 Å². The molecule has 1 aliphatic heterocycles. The molecule has 0 saturated carbocycles. The summed E-state index contributed by atoms with van der Waals surface area (Å²) < 4.78 is 13.4. The van der Waals surface area contributed by atoms with Crippen molar-refractivity contribution in [3.05, 3.63) is 60.3 Å². The number of imidazole rings is 1. The third-order valence-electron chi connectivity index (χ3n) is 4.66. The molecule has 0 saturated heterocycles. The molecule has 1 unspecified atom stereocenters. The standard InChI is InChI=1S/C21H22N4O3/c1-13(2)28-20-15(7-4-8-17(20)27-3)16-10-18(26)24-21-19(16)23-12-25(21)14-6-5-9-22-11-14/h4-9,11-13,16H,10H2,1-3H3,(H,24,26). The van der Waals surface area contributed by atoms with E-state index in [2.05, 4.69) is 15.3 Å². The van der Waals surface area contributed by atoms with Crippen LogP contribution in [0.25, 0.3) is 5.69 Å². The molecule has 28 heavy (non-hydrogen) atoms. The van der Waals surface area contributed by atoms with Gasteiger partial charge in [-0.3, -0.25) is 14.3 Å². The second-order valence-corrected chi connectivity index (χ2v) is 6.91. The Morgan fingerprint density at radius 3 is 2.82 bits per heavy atom. The molecule has 1 aliphatic rings. The minimum atomic E-state index is -0.231.